The number of carbonyl (C=O) groups is 1. The van der Waals surface area contributed by atoms with Crippen LogP contribution in [0.2, 0.25) is 0 Å². The van der Waals surface area contributed by atoms with Crippen LogP contribution >= 0.6 is 11.3 Å². The van der Waals surface area contributed by atoms with E-state index in [-0.39, 0.29) is 5.91 Å². The van der Waals surface area contributed by atoms with Crippen LogP contribution in [0.15, 0.2) is 55.2 Å². The quantitative estimate of drug-likeness (QED) is 0.613. The van der Waals surface area contributed by atoms with Crippen LogP contribution in [0.5, 0.6) is 0 Å². The summed E-state index contributed by atoms with van der Waals surface area (Å²) in [5, 5.41) is 2.91. The molecule has 0 fully saturated rings. The summed E-state index contributed by atoms with van der Waals surface area (Å²) >= 11 is 1.40. The summed E-state index contributed by atoms with van der Waals surface area (Å²) < 4.78 is 0. The first-order valence-corrected chi connectivity index (χ1v) is 8.50. The normalized spacial score (nSPS) is 10.4. The van der Waals surface area contributed by atoms with Gasteiger partial charge in [0.05, 0.1) is 4.88 Å². The lowest BCUT2D eigenvalue weighted by molar-refractivity contribution is 0.0955. The Kier molecular flexibility index (Phi) is 4.81. The van der Waals surface area contributed by atoms with Gasteiger partial charge in [-0.1, -0.05) is 24.8 Å². The van der Waals surface area contributed by atoms with Crippen molar-refractivity contribution in [3.63, 3.8) is 0 Å². The number of hydrogen-bond acceptors (Lipinski definition) is 5. The fraction of sp³-hybridized carbons (Fsp3) is 0.0526. The lowest BCUT2D eigenvalue weighted by Crippen LogP contribution is -2.21. The van der Waals surface area contributed by atoms with E-state index in [4.69, 9.17) is 11.5 Å². The third-order valence-corrected chi connectivity index (χ3v) is 4.84. The Balaban J connectivity index is 1.76. The Hall–Kier alpha value is -3.12. The fourth-order valence-electron chi connectivity index (χ4n) is 2.50. The van der Waals surface area contributed by atoms with Crippen LogP contribution in [-0.2, 0) is 6.54 Å². The molecule has 3 rings (SSSR count). The van der Waals surface area contributed by atoms with Gasteiger partial charge in [0.2, 0.25) is 0 Å². The Morgan fingerprint density at radius 1 is 1.24 bits per heavy atom. The number of amides is 1. The van der Waals surface area contributed by atoms with Crippen molar-refractivity contribution in [1.29, 1.82) is 0 Å². The van der Waals surface area contributed by atoms with Crippen molar-refractivity contribution in [2.75, 3.05) is 11.5 Å². The van der Waals surface area contributed by atoms with E-state index in [9.17, 15) is 4.79 Å². The number of nitrogens with one attached hydrogen (secondary N) is 1. The maximum atomic E-state index is 12.4. The van der Waals surface area contributed by atoms with Crippen molar-refractivity contribution >= 4 is 34.8 Å². The van der Waals surface area contributed by atoms with Crippen LogP contribution < -0.4 is 16.8 Å². The predicted molar refractivity (Wildman–Crippen MR) is 104 cm³/mol. The van der Waals surface area contributed by atoms with E-state index >= 15 is 0 Å². The topological polar surface area (TPSA) is 94.0 Å². The molecular weight excluding hydrogens is 332 g/mol. The van der Waals surface area contributed by atoms with E-state index < -0.39 is 0 Å². The van der Waals surface area contributed by atoms with Crippen LogP contribution in [0.25, 0.3) is 16.5 Å². The molecule has 1 aromatic carbocycles. The molecule has 5 nitrogen and oxygen atoms in total. The molecule has 0 aliphatic rings. The highest BCUT2D eigenvalue weighted by Crippen LogP contribution is 2.33. The highest BCUT2D eigenvalue weighted by molar-refractivity contribution is 7.17. The minimum atomic E-state index is -0.124. The molecule has 0 spiro atoms. The molecule has 0 atom stereocenters. The fourth-order valence-corrected chi connectivity index (χ4v) is 3.46. The van der Waals surface area contributed by atoms with Crippen molar-refractivity contribution in [1.82, 2.24) is 10.3 Å². The van der Waals surface area contributed by atoms with Crippen molar-refractivity contribution in [2.45, 2.75) is 6.54 Å². The van der Waals surface area contributed by atoms with E-state index in [1.54, 1.807) is 18.3 Å². The number of carbonyl (C=O) groups excluding carboxylic acids is 1. The smallest absolute Gasteiger partial charge is 0.261 e. The molecule has 0 radical (unpaired) electrons. The van der Waals surface area contributed by atoms with Crippen LogP contribution in [-0.4, -0.2) is 10.9 Å². The lowest BCUT2D eigenvalue weighted by Gasteiger charge is -2.06. The number of aromatic nitrogens is 1. The van der Waals surface area contributed by atoms with Crippen molar-refractivity contribution in [3.8, 4) is 10.4 Å². The first-order chi connectivity index (χ1) is 12.1. The van der Waals surface area contributed by atoms with Gasteiger partial charge in [-0.2, -0.15) is 0 Å². The average Bonchev–Trinajstić information content (AvgIpc) is 3.09. The van der Waals surface area contributed by atoms with Crippen LogP contribution in [0.4, 0.5) is 11.5 Å². The molecule has 0 aliphatic heterocycles. The molecule has 0 saturated heterocycles. The zero-order valence-corrected chi connectivity index (χ0v) is 14.3. The van der Waals surface area contributed by atoms with Crippen LogP contribution in [0.1, 0.15) is 20.8 Å². The zero-order valence-electron chi connectivity index (χ0n) is 13.5. The number of thiophene rings is 1. The Morgan fingerprint density at radius 2 is 2.08 bits per heavy atom. The summed E-state index contributed by atoms with van der Waals surface area (Å²) in [5.74, 6) is 0.300. The number of pyridine rings is 1. The van der Waals surface area contributed by atoms with E-state index in [1.807, 2.05) is 36.4 Å². The molecule has 6 heteroatoms. The first-order valence-electron chi connectivity index (χ1n) is 7.68. The van der Waals surface area contributed by atoms with Gasteiger partial charge in [-0.05, 0) is 35.9 Å². The van der Waals surface area contributed by atoms with E-state index in [2.05, 4.69) is 16.9 Å². The number of rotatable bonds is 5. The summed E-state index contributed by atoms with van der Waals surface area (Å²) in [5.41, 5.74) is 15.0. The maximum absolute atomic E-state index is 12.4. The first kappa shape index (κ1) is 16.7. The van der Waals surface area contributed by atoms with E-state index in [0.717, 1.165) is 21.6 Å². The molecule has 0 saturated carbocycles. The molecule has 2 heterocycles. The summed E-state index contributed by atoms with van der Waals surface area (Å²) in [6, 6.07) is 13.0. The number of hydrogen-bond donors (Lipinski definition) is 3. The van der Waals surface area contributed by atoms with Crippen molar-refractivity contribution in [3.05, 3.63) is 71.2 Å². The van der Waals surface area contributed by atoms with Crippen LogP contribution in [0, 0.1) is 0 Å². The van der Waals surface area contributed by atoms with Gasteiger partial charge < -0.3 is 16.8 Å². The van der Waals surface area contributed by atoms with Gasteiger partial charge in [0.15, 0.2) is 0 Å². The molecule has 25 heavy (non-hydrogen) atoms. The third-order valence-electron chi connectivity index (χ3n) is 3.72. The monoisotopic (exact) mass is 350 g/mol. The molecule has 0 bridgehead atoms. The van der Waals surface area contributed by atoms with Gasteiger partial charge in [0.25, 0.3) is 5.91 Å². The largest absolute Gasteiger partial charge is 0.399 e. The average molecular weight is 350 g/mol. The number of nitrogen functional groups attached to an aromatic ring is 2. The van der Waals surface area contributed by atoms with Crippen molar-refractivity contribution in [2.24, 2.45) is 0 Å². The van der Waals surface area contributed by atoms with Crippen LogP contribution in [0.3, 0.4) is 0 Å². The molecule has 5 N–H and O–H groups in total. The predicted octanol–water partition coefficient (Wildman–Crippen LogP) is 3.55. The van der Waals surface area contributed by atoms with E-state index in [0.29, 0.717) is 22.9 Å². The molecule has 0 unspecified atom stereocenters. The van der Waals surface area contributed by atoms with Gasteiger partial charge in [0.1, 0.15) is 5.82 Å². The number of anilines is 2. The summed E-state index contributed by atoms with van der Waals surface area (Å²) in [4.78, 5) is 18.0. The van der Waals surface area contributed by atoms with Gasteiger partial charge in [-0.15, -0.1) is 11.3 Å². The van der Waals surface area contributed by atoms with Gasteiger partial charge in [-0.3, -0.25) is 4.79 Å². The highest BCUT2D eigenvalue weighted by Gasteiger charge is 2.13. The van der Waals surface area contributed by atoms with E-state index in [1.165, 1.54) is 11.3 Å². The molecule has 1 amide bonds. The standard InChI is InChI=1S/C19H18N4OS/c1-2-14-15(8-9-22-18(14)21)16-6-7-17(25-16)19(24)23-11-12-4-3-5-13(20)10-12/h2-10H,1,11,20H2,(H2,21,22)(H,23,24). The Bertz CT molecular complexity index is 933. The number of nitrogens with two attached hydrogens (primary N) is 2. The summed E-state index contributed by atoms with van der Waals surface area (Å²) in [6.07, 6.45) is 3.33. The minimum Gasteiger partial charge on any atom is -0.399 e. The second-order valence-corrected chi connectivity index (χ2v) is 6.54. The Morgan fingerprint density at radius 3 is 2.84 bits per heavy atom. The van der Waals surface area contributed by atoms with Crippen molar-refractivity contribution < 1.29 is 4.79 Å². The second-order valence-electron chi connectivity index (χ2n) is 5.45. The molecule has 0 aliphatic carbocycles. The lowest BCUT2D eigenvalue weighted by atomic mass is 10.1. The van der Waals surface area contributed by atoms with Gasteiger partial charge >= 0.3 is 0 Å². The number of benzene rings is 1. The van der Waals surface area contributed by atoms with Gasteiger partial charge in [0, 0.05) is 34.4 Å². The number of nitrogens with zero attached hydrogens (tertiary/aromatic N) is 1. The SMILES string of the molecule is C=Cc1c(-c2ccc(C(=O)NCc3cccc(N)c3)s2)ccnc1N. The third kappa shape index (κ3) is 3.70. The Labute approximate surface area is 150 Å². The maximum Gasteiger partial charge on any atom is 0.261 e. The van der Waals surface area contributed by atoms with Gasteiger partial charge in [-0.25, -0.2) is 4.98 Å². The molecule has 2 aromatic heterocycles. The second kappa shape index (κ2) is 7.19. The highest BCUT2D eigenvalue weighted by atomic mass is 32.1. The zero-order chi connectivity index (χ0) is 17.8. The molecule has 3 aromatic rings. The summed E-state index contributed by atoms with van der Waals surface area (Å²) in [7, 11) is 0. The molecule has 126 valence electrons. The molecular formula is C19H18N4OS. The minimum absolute atomic E-state index is 0.124. The summed E-state index contributed by atoms with van der Waals surface area (Å²) in [6.45, 7) is 4.21.